The molecule has 146 valence electrons. The summed E-state index contributed by atoms with van der Waals surface area (Å²) in [7, 11) is -3.48. The fraction of sp³-hybridized carbons (Fsp3) is 0.684. The summed E-state index contributed by atoms with van der Waals surface area (Å²) in [5.74, 6) is 0. The smallest absolute Gasteiger partial charge is 0.277 e. The Hall–Kier alpha value is -0.990. The van der Waals surface area contributed by atoms with Crippen LogP contribution in [-0.2, 0) is 21.4 Å². The molecule has 1 aromatic rings. The maximum atomic E-state index is 12.4. The van der Waals surface area contributed by atoms with Crippen LogP contribution in [0.4, 0.5) is 0 Å². The Morgan fingerprint density at radius 2 is 1.81 bits per heavy atom. The SMILES string of the molecule is CCc1ccc(C(CNS(=O)(=O)NC2CCCC2)N2CCOCC2)cc1. The number of nitrogens with zero attached hydrogens (tertiary/aromatic N) is 1. The van der Waals surface area contributed by atoms with Gasteiger partial charge in [0.15, 0.2) is 0 Å². The minimum Gasteiger partial charge on any atom is -0.379 e. The van der Waals surface area contributed by atoms with Crippen LogP contribution >= 0.6 is 0 Å². The summed E-state index contributed by atoms with van der Waals surface area (Å²) in [6, 6.07) is 8.61. The van der Waals surface area contributed by atoms with E-state index in [9.17, 15) is 8.42 Å². The van der Waals surface area contributed by atoms with Gasteiger partial charge in [0.05, 0.1) is 13.2 Å². The molecule has 2 N–H and O–H groups in total. The maximum absolute atomic E-state index is 12.4. The Morgan fingerprint density at radius 3 is 2.42 bits per heavy atom. The number of nitrogens with one attached hydrogen (secondary N) is 2. The van der Waals surface area contributed by atoms with Gasteiger partial charge in [0.1, 0.15) is 0 Å². The highest BCUT2D eigenvalue weighted by atomic mass is 32.2. The average Bonchev–Trinajstić information content (AvgIpc) is 3.15. The topological polar surface area (TPSA) is 70.7 Å². The van der Waals surface area contributed by atoms with E-state index in [1.807, 2.05) is 0 Å². The Bertz CT molecular complexity index is 651. The summed E-state index contributed by atoms with van der Waals surface area (Å²) in [4.78, 5) is 2.31. The Morgan fingerprint density at radius 1 is 1.15 bits per heavy atom. The average molecular weight is 382 g/mol. The van der Waals surface area contributed by atoms with Crippen molar-refractivity contribution in [3.8, 4) is 0 Å². The molecule has 1 unspecified atom stereocenters. The lowest BCUT2D eigenvalue weighted by molar-refractivity contribution is 0.0172. The van der Waals surface area contributed by atoms with Crippen LogP contribution in [0, 0.1) is 0 Å². The van der Waals surface area contributed by atoms with Crippen LogP contribution in [0.2, 0.25) is 0 Å². The first kappa shape index (κ1) is 19.8. The van der Waals surface area contributed by atoms with Gasteiger partial charge >= 0.3 is 0 Å². The number of morpholine rings is 1. The van der Waals surface area contributed by atoms with E-state index in [1.54, 1.807) is 0 Å². The molecule has 2 fully saturated rings. The molecule has 0 aromatic heterocycles. The number of aryl methyl sites for hydroxylation is 1. The highest BCUT2D eigenvalue weighted by Gasteiger charge is 2.26. The van der Waals surface area contributed by atoms with Gasteiger partial charge in [-0.1, -0.05) is 44.0 Å². The summed E-state index contributed by atoms with van der Waals surface area (Å²) >= 11 is 0. The predicted molar refractivity (Wildman–Crippen MR) is 103 cm³/mol. The van der Waals surface area contributed by atoms with Crippen LogP contribution in [0.3, 0.4) is 0 Å². The summed E-state index contributed by atoms with van der Waals surface area (Å²) in [6.07, 6.45) is 5.08. The molecule has 0 amide bonds. The highest BCUT2D eigenvalue weighted by molar-refractivity contribution is 7.87. The minimum absolute atomic E-state index is 0.0185. The molecule has 6 nitrogen and oxygen atoms in total. The van der Waals surface area contributed by atoms with Crippen LogP contribution in [0.5, 0.6) is 0 Å². The molecule has 0 spiro atoms. The lowest BCUT2D eigenvalue weighted by Gasteiger charge is -2.35. The van der Waals surface area contributed by atoms with Crippen LogP contribution in [0.15, 0.2) is 24.3 Å². The van der Waals surface area contributed by atoms with Crippen molar-refractivity contribution in [3.63, 3.8) is 0 Å². The van der Waals surface area contributed by atoms with E-state index in [2.05, 4.69) is 45.5 Å². The van der Waals surface area contributed by atoms with Crippen LogP contribution in [-0.4, -0.2) is 52.2 Å². The fourth-order valence-electron chi connectivity index (χ4n) is 3.82. The third-order valence-electron chi connectivity index (χ3n) is 5.40. The van der Waals surface area contributed by atoms with Gasteiger partial charge in [-0.3, -0.25) is 4.90 Å². The normalized spacial score (nSPS) is 21.1. The number of rotatable bonds is 8. The molecule has 3 rings (SSSR count). The third-order valence-corrected chi connectivity index (χ3v) is 6.59. The molecular formula is C19H31N3O3S. The molecule has 1 aromatic carbocycles. The zero-order valence-corrected chi connectivity index (χ0v) is 16.4. The van der Waals surface area contributed by atoms with E-state index >= 15 is 0 Å². The van der Waals surface area contributed by atoms with Gasteiger partial charge in [0, 0.05) is 31.7 Å². The minimum atomic E-state index is -3.48. The van der Waals surface area contributed by atoms with Crippen LogP contribution in [0.1, 0.15) is 49.8 Å². The van der Waals surface area contributed by atoms with E-state index in [1.165, 1.54) is 5.56 Å². The molecule has 0 radical (unpaired) electrons. The number of hydrogen-bond donors (Lipinski definition) is 2. The Balaban J connectivity index is 1.68. The van der Waals surface area contributed by atoms with Crippen LogP contribution < -0.4 is 9.44 Å². The Labute approximate surface area is 157 Å². The summed E-state index contributed by atoms with van der Waals surface area (Å²) in [6.45, 7) is 5.52. The van der Waals surface area contributed by atoms with E-state index in [-0.39, 0.29) is 12.1 Å². The molecule has 26 heavy (non-hydrogen) atoms. The molecule has 1 heterocycles. The second kappa shape index (κ2) is 9.28. The fourth-order valence-corrected chi connectivity index (χ4v) is 4.95. The standard InChI is InChI=1S/C19H31N3O3S/c1-2-16-7-9-17(10-8-16)19(22-11-13-25-14-12-22)15-20-26(23,24)21-18-5-3-4-6-18/h7-10,18-21H,2-6,11-15H2,1H3. The molecule has 1 aliphatic carbocycles. The Kier molecular flexibility index (Phi) is 7.05. The molecule has 7 heteroatoms. The van der Waals surface area contributed by atoms with Crippen molar-refractivity contribution >= 4 is 10.2 Å². The summed E-state index contributed by atoms with van der Waals surface area (Å²) < 4.78 is 35.9. The van der Waals surface area contributed by atoms with Crippen molar-refractivity contribution in [2.45, 2.75) is 51.1 Å². The van der Waals surface area contributed by atoms with Gasteiger partial charge in [-0.05, 0) is 30.4 Å². The van der Waals surface area contributed by atoms with Gasteiger partial charge in [0.25, 0.3) is 10.2 Å². The second-order valence-electron chi connectivity index (χ2n) is 7.21. The lowest BCUT2D eigenvalue weighted by Crippen LogP contribution is -2.47. The van der Waals surface area contributed by atoms with E-state index in [0.29, 0.717) is 19.8 Å². The van der Waals surface area contributed by atoms with Crippen molar-refractivity contribution in [2.75, 3.05) is 32.8 Å². The molecule has 1 saturated carbocycles. The van der Waals surface area contributed by atoms with E-state index in [0.717, 1.165) is 50.8 Å². The second-order valence-corrected chi connectivity index (χ2v) is 8.74. The van der Waals surface area contributed by atoms with Gasteiger partial charge in [-0.15, -0.1) is 0 Å². The number of ether oxygens (including phenoxy) is 1. The monoisotopic (exact) mass is 381 g/mol. The summed E-state index contributed by atoms with van der Waals surface area (Å²) in [5, 5.41) is 0. The van der Waals surface area contributed by atoms with Gasteiger partial charge < -0.3 is 4.74 Å². The molecule has 2 aliphatic rings. The van der Waals surface area contributed by atoms with Crippen molar-refractivity contribution in [2.24, 2.45) is 0 Å². The molecule has 1 atom stereocenters. The first-order valence-corrected chi connectivity index (χ1v) is 11.2. The zero-order chi connectivity index (χ0) is 18.4. The van der Waals surface area contributed by atoms with Crippen LogP contribution in [0.25, 0.3) is 0 Å². The van der Waals surface area contributed by atoms with Gasteiger partial charge in [-0.2, -0.15) is 13.1 Å². The molecule has 0 bridgehead atoms. The zero-order valence-electron chi connectivity index (χ0n) is 15.6. The van der Waals surface area contributed by atoms with Gasteiger partial charge in [0.2, 0.25) is 0 Å². The van der Waals surface area contributed by atoms with Gasteiger partial charge in [-0.25, -0.2) is 4.72 Å². The van der Waals surface area contributed by atoms with E-state index < -0.39 is 10.2 Å². The molecule has 1 saturated heterocycles. The van der Waals surface area contributed by atoms with Crippen molar-refractivity contribution in [3.05, 3.63) is 35.4 Å². The number of hydrogen-bond acceptors (Lipinski definition) is 4. The molecular weight excluding hydrogens is 350 g/mol. The molecule has 1 aliphatic heterocycles. The predicted octanol–water partition coefficient (Wildman–Crippen LogP) is 1.99. The third kappa shape index (κ3) is 5.50. The van der Waals surface area contributed by atoms with Crippen molar-refractivity contribution in [1.82, 2.24) is 14.3 Å². The first-order valence-electron chi connectivity index (χ1n) is 9.75. The van der Waals surface area contributed by atoms with E-state index in [4.69, 9.17) is 4.74 Å². The largest absolute Gasteiger partial charge is 0.379 e. The quantitative estimate of drug-likeness (QED) is 0.722. The van der Waals surface area contributed by atoms with Crippen molar-refractivity contribution in [1.29, 1.82) is 0 Å². The first-order chi connectivity index (χ1) is 12.6. The highest BCUT2D eigenvalue weighted by Crippen LogP contribution is 2.23. The lowest BCUT2D eigenvalue weighted by atomic mass is 10.0. The maximum Gasteiger partial charge on any atom is 0.277 e. The summed E-state index contributed by atoms with van der Waals surface area (Å²) in [5.41, 5.74) is 2.44. The number of benzene rings is 1. The van der Waals surface area contributed by atoms with Crippen molar-refractivity contribution < 1.29 is 13.2 Å².